The van der Waals surface area contributed by atoms with Crippen LogP contribution in [-0.2, 0) is 5.88 Å². The monoisotopic (exact) mass is 298 g/mol. The van der Waals surface area contributed by atoms with Gasteiger partial charge in [0.2, 0.25) is 0 Å². The minimum atomic E-state index is -0.259. The van der Waals surface area contributed by atoms with E-state index in [1.807, 2.05) is 17.9 Å². The van der Waals surface area contributed by atoms with Crippen LogP contribution in [0.15, 0.2) is 36.4 Å². The van der Waals surface area contributed by atoms with Gasteiger partial charge in [-0.1, -0.05) is 11.6 Å². The molecule has 2 aromatic rings. The molecular formula is C14H13Cl2FN2. The Kier molecular flexibility index (Phi) is 4.61. The van der Waals surface area contributed by atoms with Gasteiger partial charge in [0.1, 0.15) is 11.6 Å². The summed E-state index contributed by atoms with van der Waals surface area (Å²) in [5, 5.41) is 0.550. The summed E-state index contributed by atoms with van der Waals surface area (Å²) >= 11 is 11.8. The fourth-order valence-electron chi connectivity index (χ4n) is 1.81. The number of aromatic nitrogens is 1. The van der Waals surface area contributed by atoms with Crippen LogP contribution >= 0.6 is 23.2 Å². The Morgan fingerprint density at radius 3 is 2.42 bits per heavy atom. The van der Waals surface area contributed by atoms with E-state index in [0.29, 0.717) is 17.3 Å². The molecule has 0 aliphatic heterocycles. The summed E-state index contributed by atoms with van der Waals surface area (Å²) in [6.07, 6.45) is 0. The smallest absolute Gasteiger partial charge is 0.133 e. The van der Waals surface area contributed by atoms with Crippen LogP contribution < -0.4 is 4.90 Å². The first-order valence-electron chi connectivity index (χ1n) is 5.90. The Balaban J connectivity index is 2.39. The lowest BCUT2D eigenvalue weighted by atomic mass is 10.2. The van der Waals surface area contributed by atoms with E-state index in [9.17, 15) is 4.39 Å². The molecule has 0 fully saturated rings. The van der Waals surface area contributed by atoms with Gasteiger partial charge in [0.05, 0.1) is 16.6 Å². The van der Waals surface area contributed by atoms with Crippen LogP contribution in [0.2, 0.25) is 5.02 Å². The Hall–Kier alpha value is -1.32. The van der Waals surface area contributed by atoms with Gasteiger partial charge in [-0.3, -0.25) is 0 Å². The number of alkyl halides is 1. The van der Waals surface area contributed by atoms with Crippen molar-refractivity contribution in [2.24, 2.45) is 0 Å². The standard InChI is InChI=1S/C14H13Cl2FN2/c1-2-19(11-5-3-10(17)4-6-11)14-8-7-12(16)13(9-15)18-14/h3-8H,2,9H2,1H3. The number of anilines is 2. The van der Waals surface area contributed by atoms with E-state index in [4.69, 9.17) is 23.2 Å². The summed E-state index contributed by atoms with van der Waals surface area (Å²) in [6, 6.07) is 9.89. The summed E-state index contributed by atoms with van der Waals surface area (Å²) in [5.74, 6) is 0.743. The fraction of sp³-hybridized carbons (Fsp3) is 0.214. The van der Waals surface area contributed by atoms with Gasteiger partial charge in [0.25, 0.3) is 0 Å². The van der Waals surface area contributed by atoms with E-state index in [0.717, 1.165) is 11.5 Å². The molecule has 2 nitrogen and oxygen atoms in total. The van der Waals surface area contributed by atoms with E-state index >= 15 is 0 Å². The van der Waals surface area contributed by atoms with Gasteiger partial charge in [-0.15, -0.1) is 11.6 Å². The van der Waals surface area contributed by atoms with Crippen LogP contribution in [0.3, 0.4) is 0 Å². The maximum Gasteiger partial charge on any atom is 0.133 e. The van der Waals surface area contributed by atoms with Crippen LogP contribution in [0, 0.1) is 5.82 Å². The largest absolute Gasteiger partial charge is 0.327 e. The number of pyridine rings is 1. The predicted molar refractivity (Wildman–Crippen MR) is 77.9 cm³/mol. The molecule has 0 atom stereocenters. The Morgan fingerprint density at radius 2 is 1.84 bits per heavy atom. The molecule has 0 radical (unpaired) electrons. The third-order valence-corrected chi connectivity index (χ3v) is 3.36. The Morgan fingerprint density at radius 1 is 1.16 bits per heavy atom. The normalized spacial score (nSPS) is 10.5. The first-order valence-corrected chi connectivity index (χ1v) is 6.81. The third kappa shape index (κ3) is 3.17. The average molecular weight is 299 g/mol. The van der Waals surface area contributed by atoms with Gasteiger partial charge < -0.3 is 4.90 Å². The summed E-state index contributed by atoms with van der Waals surface area (Å²) < 4.78 is 13.0. The highest BCUT2D eigenvalue weighted by Crippen LogP contribution is 2.26. The van der Waals surface area contributed by atoms with Crippen molar-refractivity contribution < 1.29 is 4.39 Å². The van der Waals surface area contributed by atoms with Crippen LogP contribution in [0.5, 0.6) is 0 Å². The summed E-state index contributed by atoms with van der Waals surface area (Å²) in [7, 11) is 0. The number of hydrogen-bond acceptors (Lipinski definition) is 2. The second-order valence-electron chi connectivity index (χ2n) is 3.95. The SMILES string of the molecule is CCN(c1ccc(F)cc1)c1ccc(Cl)c(CCl)n1. The van der Waals surface area contributed by atoms with E-state index < -0.39 is 0 Å². The lowest BCUT2D eigenvalue weighted by molar-refractivity contribution is 0.628. The quantitative estimate of drug-likeness (QED) is 0.756. The van der Waals surface area contributed by atoms with E-state index in [2.05, 4.69) is 4.98 Å². The highest BCUT2D eigenvalue weighted by molar-refractivity contribution is 6.32. The molecular weight excluding hydrogens is 286 g/mol. The zero-order chi connectivity index (χ0) is 13.8. The molecule has 1 heterocycles. The van der Waals surface area contributed by atoms with Gasteiger partial charge in [-0.2, -0.15) is 0 Å². The lowest BCUT2D eigenvalue weighted by Gasteiger charge is -2.22. The molecule has 0 aliphatic rings. The molecule has 0 bridgehead atoms. The molecule has 1 aromatic carbocycles. The van der Waals surface area contributed by atoms with E-state index in [1.54, 1.807) is 18.2 Å². The summed E-state index contributed by atoms with van der Waals surface area (Å²) in [4.78, 5) is 6.39. The Labute approximate surface area is 121 Å². The molecule has 0 unspecified atom stereocenters. The molecule has 0 aliphatic carbocycles. The first kappa shape index (κ1) is 14.1. The van der Waals surface area contributed by atoms with Crippen molar-refractivity contribution in [1.82, 2.24) is 4.98 Å². The average Bonchev–Trinajstić information content (AvgIpc) is 2.43. The third-order valence-electron chi connectivity index (χ3n) is 2.76. The Bertz CT molecular complexity index is 558. The predicted octanol–water partition coefficient (Wildman–Crippen LogP) is 4.77. The van der Waals surface area contributed by atoms with Crippen molar-refractivity contribution >= 4 is 34.7 Å². The van der Waals surface area contributed by atoms with Crippen molar-refractivity contribution in [2.75, 3.05) is 11.4 Å². The molecule has 0 spiro atoms. The summed E-state index contributed by atoms with van der Waals surface area (Å²) in [6.45, 7) is 2.71. The zero-order valence-electron chi connectivity index (χ0n) is 10.4. The highest BCUT2D eigenvalue weighted by Gasteiger charge is 2.11. The minimum absolute atomic E-state index is 0.258. The topological polar surface area (TPSA) is 16.1 Å². The van der Waals surface area contributed by atoms with Crippen LogP contribution in [0.4, 0.5) is 15.9 Å². The van der Waals surface area contributed by atoms with Crippen molar-refractivity contribution in [3.05, 3.63) is 52.9 Å². The summed E-state index contributed by atoms with van der Waals surface area (Å²) in [5.41, 5.74) is 1.51. The second kappa shape index (κ2) is 6.22. The number of benzene rings is 1. The van der Waals surface area contributed by atoms with E-state index in [1.165, 1.54) is 12.1 Å². The molecule has 0 saturated carbocycles. The van der Waals surface area contributed by atoms with Gasteiger partial charge in [-0.05, 0) is 43.3 Å². The fourth-order valence-corrected chi connectivity index (χ4v) is 2.26. The number of rotatable bonds is 4. The maximum atomic E-state index is 13.0. The van der Waals surface area contributed by atoms with Gasteiger partial charge in [-0.25, -0.2) is 9.37 Å². The van der Waals surface area contributed by atoms with E-state index in [-0.39, 0.29) is 11.7 Å². The molecule has 0 amide bonds. The minimum Gasteiger partial charge on any atom is -0.327 e. The van der Waals surface area contributed by atoms with Crippen LogP contribution in [0.1, 0.15) is 12.6 Å². The second-order valence-corrected chi connectivity index (χ2v) is 4.63. The molecule has 19 heavy (non-hydrogen) atoms. The lowest BCUT2D eigenvalue weighted by Crippen LogP contribution is -2.17. The molecule has 0 N–H and O–H groups in total. The van der Waals surface area contributed by atoms with Crippen molar-refractivity contribution in [3.8, 4) is 0 Å². The van der Waals surface area contributed by atoms with Crippen molar-refractivity contribution in [2.45, 2.75) is 12.8 Å². The molecule has 0 saturated heterocycles. The zero-order valence-corrected chi connectivity index (χ0v) is 11.9. The molecule has 2 rings (SSSR count). The molecule has 1 aromatic heterocycles. The van der Waals surface area contributed by atoms with Gasteiger partial charge in [0, 0.05) is 12.2 Å². The first-order chi connectivity index (χ1) is 9.15. The van der Waals surface area contributed by atoms with Crippen LogP contribution in [-0.4, -0.2) is 11.5 Å². The molecule has 100 valence electrons. The van der Waals surface area contributed by atoms with Crippen molar-refractivity contribution in [3.63, 3.8) is 0 Å². The van der Waals surface area contributed by atoms with Gasteiger partial charge in [0.15, 0.2) is 0 Å². The van der Waals surface area contributed by atoms with Crippen molar-refractivity contribution in [1.29, 1.82) is 0 Å². The van der Waals surface area contributed by atoms with Gasteiger partial charge >= 0.3 is 0 Å². The maximum absolute atomic E-state index is 13.0. The number of halogens is 3. The van der Waals surface area contributed by atoms with Crippen LogP contribution in [0.25, 0.3) is 0 Å². The molecule has 5 heteroatoms. The number of hydrogen-bond donors (Lipinski definition) is 0. The number of nitrogens with zero attached hydrogens (tertiary/aromatic N) is 2. The highest BCUT2D eigenvalue weighted by atomic mass is 35.5.